The largest absolute Gasteiger partial charge is 0.425 e. The van der Waals surface area contributed by atoms with Gasteiger partial charge in [0, 0.05) is 13.0 Å². The van der Waals surface area contributed by atoms with Crippen molar-refractivity contribution in [3.63, 3.8) is 0 Å². The van der Waals surface area contributed by atoms with Crippen LogP contribution in [0.4, 0.5) is 0 Å². The smallest absolute Gasteiger partial charge is 0.220 e. The lowest BCUT2D eigenvalue weighted by Crippen LogP contribution is -2.10. The molecule has 0 amide bonds. The number of aromatic nitrogens is 2. The Hall–Kier alpha value is -1.20. The van der Waals surface area contributed by atoms with E-state index in [9.17, 15) is 0 Å². The molecule has 0 aliphatic carbocycles. The normalized spacial score (nSPS) is 10.7. The van der Waals surface area contributed by atoms with Gasteiger partial charge in [0.05, 0.1) is 6.42 Å². The van der Waals surface area contributed by atoms with E-state index in [1.807, 2.05) is 12.4 Å². The fourth-order valence-corrected chi connectivity index (χ4v) is 1.93. The molecule has 0 saturated heterocycles. The number of hydrogen-bond acceptors (Lipinski definition) is 5. The van der Waals surface area contributed by atoms with E-state index in [1.54, 1.807) is 11.3 Å². The van der Waals surface area contributed by atoms with Gasteiger partial charge in [0.15, 0.2) is 0 Å². The fourth-order valence-electron chi connectivity index (χ4n) is 1.26. The first-order valence-corrected chi connectivity index (χ1v) is 5.79. The fraction of sp³-hybridized carbons (Fsp3) is 0.400. The van der Waals surface area contributed by atoms with Gasteiger partial charge in [0.2, 0.25) is 11.8 Å². The molecule has 0 aliphatic rings. The summed E-state index contributed by atoms with van der Waals surface area (Å²) in [5.74, 6) is 1.40. The van der Waals surface area contributed by atoms with Gasteiger partial charge in [0.1, 0.15) is 0 Å². The summed E-state index contributed by atoms with van der Waals surface area (Å²) in [5.41, 5.74) is 1.23. The quantitative estimate of drug-likeness (QED) is 0.834. The molecular formula is C10H13N3OS. The summed E-state index contributed by atoms with van der Waals surface area (Å²) in [6, 6.07) is 2.07. The zero-order valence-electron chi connectivity index (χ0n) is 8.56. The maximum Gasteiger partial charge on any atom is 0.220 e. The molecule has 1 N–H and O–H groups in total. The van der Waals surface area contributed by atoms with Crippen molar-refractivity contribution in [3.05, 3.63) is 34.2 Å². The maximum absolute atomic E-state index is 5.50. The standard InChI is InChI=1S/C10H13N3OS/c1-11-4-2-9-12-13-10(14-9)6-8-3-5-15-7-8/h3,5,7,11H,2,4,6H2,1H3. The van der Waals surface area contributed by atoms with Crippen molar-refractivity contribution in [2.45, 2.75) is 12.8 Å². The molecule has 0 unspecified atom stereocenters. The molecule has 0 saturated carbocycles. The molecule has 0 atom stereocenters. The lowest BCUT2D eigenvalue weighted by Gasteiger charge is -1.92. The highest BCUT2D eigenvalue weighted by Crippen LogP contribution is 2.11. The molecule has 80 valence electrons. The van der Waals surface area contributed by atoms with Gasteiger partial charge in [0.25, 0.3) is 0 Å². The summed E-state index contributed by atoms with van der Waals surface area (Å²) in [6.45, 7) is 0.861. The average Bonchev–Trinajstić information content (AvgIpc) is 2.87. The summed E-state index contributed by atoms with van der Waals surface area (Å²) < 4.78 is 5.50. The molecule has 0 bridgehead atoms. The van der Waals surface area contributed by atoms with Crippen LogP contribution >= 0.6 is 11.3 Å². The first-order valence-electron chi connectivity index (χ1n) is 4.85. The van der Waals surface area contributed by atoms with E-state index in [-0.39, 0.29) is 0 Å². The second-order valence-corrected chi connectivity index (χ2v) is 4.03. The number of hydrogen-bond donors (Lipinski definition) is 1. The summed E-state index contributed by atoms with van der Waals surface area (Å²) in [6.07, 6.45) is 1.52. The Morgan fingerprint density at radius 2 is 2.27 bits per heavy atom. The van der Waals surface area contributed by atoms with Crippen LogP contribution in [0.25, 0.3) is 0 Å². The topological polar surface area (TPSA) is 51.0 Å². The Morgan fingerprint density at radius 1 is 1.40 bits per heavy atom. The van der Waals surface area contributed by atoms with Crippen LogP contribution in [0.15, 0.2) is 21.2 Å². The predicted octanol–water partition coefficient (Wildman–Crippen LogP) is 1.48. The van der Waals surface area contributed by atoms with Crippen LogP contribution in [0.5, 0.6) is 0 Å². The zero-order chi connectivity index (χ0) is 10.5. The van der Waals surface area contributed by atoms with Crippen LogP contribution in [-0.2, 0) is 12.8 Å². The third kappa shape index (κ3) is 2.87. The van der Waals surface area contributed by atoms with Gasteiger partial charge in [-0.2, -0.15) is 11.3 Å². The molecule has 2 heterocycles. The third-order valence-electron chi connectivity index (χ3n) is 2.03. The molecule has 2 rings (SSSR count). The van der Waals surface area contributed by atoms with Crippen LogP contribution in [0.2, 0.25) is 0 Å². The highest BCUT2D eigenvalue weighted by Gasteiger charge is 2.06. The highest BCUT2D eigenvalue weighted by molar-refractivity contribution is 7.07. The van der Waals surface area contributed by atoms with E-state index in [1.165, 1.54) is 5.56 Å². The van der Waals surface area contributed by atoms with E-state index >= 15 is 0 Å². The van der Waals surface area contributed by atoms with Crippen molar-refractivity contribution in [1.29, 1.82) is 0 Å². The third-order valence-corrected chi connectivity index (χ3v) is 2.77. The second-order valence-electron chi connectivity index (χ2n) is 3.25. The molecule has 0 aromatic carbocycles. The lowest BCUT2D eigenvalue weighted by molar-refractivity contribution is 0.454. The molecule has 4 nitrogen and oxygen atoms in total. The Morgan fingerprint density at radius 3 is 3.00 bits per heavy atom. The van der Waals surface area contributed by atoms with E-state index in [0.717, 1.165) is 19.4 Å². The molecular weight excluding hydrogens is 210 g/mol. The average molecular weight is 223 g/mol. The Labute approximate surface area is 92.3 Å². The van der Waals surface area contributed by atoms with Crippen molar-refractivity contribution in [2.75, 3.05) is 13.6 Å². The molecule has 0 spiro atoms. The van der Waals surface area contributed by atoms with Gasteiger partial charge in [-0.3, -0.25) is 0 Å². The van der Waals surface area contributed by atoms with Gasteiger partial charge in [-0.05, 0) is 29.4 Å². The summed E-state index contributed by atoms with van der Waals surface area (Å²) in [4.78, 5) is 0. The van der Waals surface area contributed by atoms with Crippen LogP contribution < -0.4 is 5.32 Å². The monoisotopic (exact) mass is 223 g/mol. The number of likely N-dealkylation sites (N-methyl/N-ethyl adjacent to an activating group) is 1. The van der Waals surface area contributed by atoms with Crippen molar-refractivity contribution < 1.29 is 4.42 Å². The summed E-state index contributed by atoms with van der Waals surface area (Å²) >= 11 is 1.68. The minimum absolute atomic E-state index is 0.694. The number of rotatable bonds is 5. The van der Waals surface area contributed by atoms with Crippen LogP contribution in [0.3, 0.4) is 0 Å². The van der Waals surface area contributed by atoms with Crippen LogP contribution in [0, 0.1) is 0 Å². The Balaban J connectivity index is 1.95. The van der Waals surface area contributed by atoms with Crippen molar-refractivity contribution in [3.8, 4) is 0 Å². The van der Waals surface area contributed by atoms with Gasteiger partial charge in [-0.25, -0.2) is 0 Å². The van der Waals surface area contributed by atoms with Crippen molar-refractivity contribution in [1.82, 2.24) is 15.5 Å². The van der Waals surface area contributed by atoms with Crippen LogP contribution in [-0.4, -0.2) is 23.8 Å². The summed E-state index contributed by atoms with van der Waals surface area (Å²) in [5, 5.41) is 15.2. The minimum Gasteiger partial charge on any atom is -0.425 e. The first kappa shape index (κ1) is 10.3. The highest BCUT2D eigenvalue weighted by atomic mass is 32.1. The molecule has 2 aromatic rings. The Kier molecular flexibility index (Phi) is 3.47. The van der Waals surface area contributed by atoms with E-state index < -0.39 is 0 Å². The number of thiophene rings is 1. The first-order chi connectivity index (χ1) is 7.38. The van der Waals surface area contributed by atoms with Gasteiger partial charge < -0.3 is 9.73 Å². The van der Waals surface area contributed by atoms with E-state index in [4.69, 9.17) is 4.42 Å². The maximum atomic E-state index is 5.50. The number of nitrogens with one attached hydrogen (secondary N) is 1. The molecule has 5 heteroatoms. The molecule has 2 aromatic heterocycles. The predicted molar refractivity (Wildman–Crippen MR) is 59.1 cm³/mol. The molecule has 0 radical (unpaired) electrons. The van der Waals surface area contributed by atoms with E-state index in [2.05, 4.69) is 27.0 Å². The minimum atomic E-state index is 0.694. The van der Waals surface area contributed by atoms with Crippen molar-refractivity contribution >= 4 is 11.3 Å². The van der Waals surface area contributed by atoms with Gasteiger partial charge in [-0.1, -0.05) is 0 Å². The van der Waals surface area contributed by atoms with Gasteiger partial charge >= 0.3 is 0 Å². The molecule has 0 aliphatic heterocycles. The molecule has 0 fully saturated rings. The second kappa shape index (κ2) is 5.04. The van der Waals surface area contributed by atoms with Crippen LogP contribution in [0.1, 0.15) is 17.3 Å². The molecule has 15 heavy (non-hydrogen) atoms. The SMILES string of the molecule is CNCCc1nnc(Cc2ccsc2)o1. The zero-order valence-corrected chi connectivity index (χ0v) is 9.38. The summed E-state index contributed by atoms with van der Waals surface area (Å²) in [7, 11) is 1.91. The Bertz CT molecular complexity index is 396. The lowest BCUT2D eigenvalue weighted by atomic mass is 10.2. The van der Waals surface area contributed by atoms with E-state index in [0.29, 0.717) is 11.8 Å². The van der Waals surface area contributed by atoms with Gasteiger partial charge in [-0.15, -0.1) is 10.2 Å². The number of nitrogens with zero attached hydrogens (tertiary/aromatic N) is 2. The van der Waals surface area contributed by atoms with Crippen molar-refractivity contribution in [2.24, 2.45) is 0 Å².